The molecule has 1 rings (SSSR count). The first-order valence-corrected chi connectivity index (χ1v) is 5.08. The van der Waals surface area contributed by atoms with E-state index < -0.39 is 24.5 Å². The summed E-state index contributed by atoms with van der Waals surface area (Å²) in [4.78, 5) is 26.1. The number of nitrogens with one attached hydrogen (secondary N) is 1. The lowest BCUT2D eigenvalue weighted by molar-refractivity contribution is -0.142. The van der Waals surface area contributed by atoms with Gasteiger partial charge in [0.15, 0.2) is 0 Å². The molecule has 6 heteroatoms. The molecule has 1 aromatic heterocycles. The summed E-state index contributed by atoms with van der Waals surface area (Å²) in [5.74, 6) is -1.74. The lowest BCUT2D eigenvalue weighted by atomic mass is 10.1. The first kappa shape index (κ1) is 13.1. The van der Waals surface area contributed by atoms with E-state index in [-0.39, 0.29) is 6.42 Å². The van der Waals surface area contributed by atoms with Gasteiger partial charge in [-0.1, -0.05) is 6.07 Å². The number of rotatable bonds is 5. The molecule has 0 saturated heterocycles. The average molecular weight is 238 g/mol. The lowest BCUT2D eigenvalue weighted by Gasteiger charge is -2.11. The maximum atomic E-state index is 11.5. The molecule has 0 bridgehead atoms. The van der Waals surface area contributed by atoms with Gasteiger partial charge in [-0.25, -0.2) is 4.79 Å². The van der Waals surface area contributed by atoms with Crippen LogP contribution in [-0.4, -0.2) is 39.7 Å². The Kier molecular flexibility index (Phi) is 4.59. The molecule has 1 heterocycles. The smallest absolute Gasteiger partial charge is 0.328 e. The predicted octanol–water partition coefficient (Wildman–Crippen LogP) is -0.506. The highest BCUT2D eigenvalue weighted by Gasteiger charge is 2.19. The van der Waals surface area contributed by atoms with Crippen molar-refractivity contribution in [3.63, 3.8) is 0 Å². The molecule has 92 valence electrons. The topological polar surface area (TPSA) is 99.5 Å². The normalized spacial score (nSPS) is 11.9. The summed E-state index contributed by atoms with van der Waals surface area (Å²) >= 11 is 0. The molecule has 0 aromatic carbocycles. The van der Waals surface area contributed by atoms with Gasteiger partial charge in [0.1, 0.15) is 6.04 Å². The van der Waals surface area contributed by atoms with Gasteiger partial charge >= 0.3 is 5.97 Å². The Labute approximate surface area is 98.3 Å². The first-order valence-electron chi connectivity index (χ1n) is 5.08. The number of hydrogen-bond acceptors (Lipinski definition) is 4. The average Bonchev–Trinajstić information content (AvgIpc) is 2.28. The number of aryl methyl sites for hydroxylation is 1. The van der Waals surface area contributed by atoms with Crippen molar-refractivity contribution in [2.75, 3.05) is 6.61 Å². The van der Waals surface area contributed by atoms with Gasteiger partial charge in [-0.15, -0.1) is 0 Å². The molecule has 0 radical (unpaired) electrons. The van der Waals surface area contributed by atoms with Crippen LogP contribution < -0.4 is 5.32 Å². The van der Waals surface area contributed by atoms with E-state index in [1.807, 2.05) is 13.0 Å². The molecule has 3 N–H and O–H groups in total. The highest BCUT2D eigenvalue weighted by atomic mass is 16.4. The Bertz CT molecular complexity index is 420. The number of pyridine rings is 1. The number of aliphatic carboxylic acids is 1. The summed E-state index contributed by atoms with van der Waals surface area (Å²) in [5, 5.41) is 19.6. The zero-order valence-corrected chi connectivity index (χ0v) is 9.38. The SMILES string of the molecule is Cc1cccnc1CC(=O)N[C@H](CO)C(=O)O. The fraction of sp³-hybridized carbons (Fsp3) is 0.364. The lowest BCUT2D eigenvalue weighted by Crippen LogP contribution is -2.44. The minimum atomic E-state index is -1.27. The van der Waals surface area contributed by atoms with Crippen LogP contribution in [-0.2, 0) is 16.0 Å². The number of amides is 1. The molecule has 17 heavy (non-hydrogen) atoms. The van der Waals surface area contributed by atoms with E-state index in [1.54, 1.807) is 12.3 Å². The molecule has 0 fully saturated rings. The van der Waals surface area contributed by atoms with Crippen molar-refractivity contribution < 1.29 is 19.8 Å². The molecule has 0 spiro atoms. The van der Waals surface area contributed by atoms with Gasteiger partial charge in [-0.3, -0.25) is 9.78 Å². The second-order valence-corrected chi connectivity index (χ2v) is 3.58. The summed E-state index contributed by atoms with van der Waals surface area (Å²) in [6.45, 7) is 1.18. The van der Waals surface area contributed by atoms with E-state index in [9.17, 15) is 9.59 Å². The van der Waals surface area contributed by atoms with Crippen LogP contribution in [0.25, 0.3) is 0 Å². The van der Waals surface area contributed by atoms with Crippen molar-refractivity contribution in [2.45, 2.75) is 19.4 Å². The molecule has 0 aliphatic carbocycles. The zero-order valence-electron chi connectivity index (χ0n) is 9.38. The Morgan fingerprint density at radius 1 is 1.53 bits per heavy atom. The number of carbonyl (C=O) groups is 2. The minimum absolute atomic E-state index is 0.00352. The molecule has 0 unspecified atom stereocenters. The third-order valence-corrected chi connectivity index (χ3v) is 2.26. The van der Waals surface area contributed by atoms with E-state index in [4.69, 9.17) is 10.2 Å². The third-order valence-electron chi connectivity index (χ3n) is 2.26. The van der Waals surface area contributed by atoms with Crippen LogP contribution in [0.3, 0.4) is 0 Å². The summed E-state index contributed by atoms with van der Waals surface area (Å²) in [5.41, 5.74) is 1.45. The van der Waals surface area contributed by atoms with Gasteiger partial charge in [0.05, 0.1) is 18.7 Å². The fourth-order valence-corrected chi connectivity index (χ4v) is 1.29. The molecule has 1 atom stereocenters. The van der Waals surface area contributed by atoms with Crippen molar-refractivity contribution in [3.05, 3.63) is 29.6 Å². The maximum Gasteiger partial charge on any atom is 0.328 e. The van der Waals surface area contributed by atoms with Crippen molar-refractivity contribution >= 4 is 11.9 Å². The van der Waals surface area contributed by atoms with E-state index in [0.717, 1.165) is 5.56 Å². The van der Waals surface area contributed by atoms with Crippen molar-refractivity contribution in [3.8, 4) is 0 Å². The Morgan fingerprint density at radius 2 is 2.24 bits per heavy atom. The van der Waals surface area contributed by atoms with Crippen molar-refractivity contribution in [2.24, 2.45) is 0 Å². The predicted molar refractivity (Wildman–Crippen MR) is 59.3 cm³/mol. The first-order chi connectivity index (χ1) is 8.04. The number of hydrogen-bond donors (Lipinski definition) is 3. The number of aromatic nitrogens is 1. The van der Waals surface area contributed by atoms with Gasteiger partial charge in [-0.05, 0) is 18.6 Å². The number of carboxylic acid groups (broad SMARTS) is 1. The summed E-state index contributed by atoms with van der Waals surface area (Å²) in [6, 6.07) is 2.30. The molecular formula is C11H14N2O4. The molecule has 6 nitrogen and oxygen atoms in total. The van der Waals surface area contributed by atoms with Gasteiger partial charge in [0.2, 0.25) is 5.91 Å². The quantitative estimate of drug-likeness (QED) is 0.642. The number of nitrogens with zero attached hydrogens (tertiary/aromatic N) is 1. The summed E-state index contributed by atoms with van der Waals surface area (Å²) in [6.07, 6.45) is 1.56. The molecule has 1 amide bonds. The van der Waals surface area contributed by atoms with Gasteiger partial charge in [0, 0.05) is 6.20 Å². The highest BCUT2D eigenvalue weighted by Crippen LogP contribution is 2.03. The van der Waals surface area contributed by atoms with Crippen molar-refractivity contribution in [1.82, 2.24) is 10.3 Å². The monoisotopic (exact) mass is 238 g/mol. The van der Waals surface area contributed by atoms with Crippen LogP contribution in [0.15, 0.2) is 18.3 Å². The van der Waals surface area contributed by atoms with Crippen LogP contribution in [0.5, 0.6) is 0 Å². The molecule has 1 aromatic rings. The highest BCUT2D eigenvalue weighted by molar-refractivity contribution is 5.84. The van der Waals surface area contributed by atoms with Crippen LogP contribution in [0, 0.1) is 6.92 Å². The minimum Gasteiger partial charge on any atom is -0.480 e. The molecule has 0 aliphatic rings. The molecular weight excluding hydrogens is 224 g/mol. The number of aliphatic hydroxyl groups is 1. The Morgan fingerprint density at radius 3 is 2.76 bits per heavy atom. The van der Waals surface area contributed by atoms with E-state index >= 15 is 0 Å². The van der Waals surface area contributed by atoms with E-state index in [0.29, 0.717) is 5.69 Å². The van der Waals surface area contributed by atoms with Crippen LogP contribution in [0.1, 0.15) is 11.3 Å². The summed E-state index contributed by atoms with van der Waals surface area (Å²) in [7, 11) is 0. The Balaban J connectivity index is 2.61. The van der Waals surface area contributed by atoms with Crippen LogP contribution in [0.4, 0.5) is 0 Å². The van der Waals surface area contributed by atoms with Crippen molar-refractivity contribution in [1.29, 1.82) is 0 Å². The van der Waals surface area contributed by atoms with Gasteiger partial charge in [-0.2, -0.15) is 0 Å². The molecule has 0 aliphatic heterocycles. The van der Waals surface area contributed by atoms with Gasteiger partial charge in [0.25, 0.3) is 0 Å². The van der Waals surface area contributed by atoms with Crippen LogP contribution in [0.2, 0.25) is 0 Å². The number of carbonyl (C=O) groups excluding carboxylic acids is 1. The zero-order chi connectivity index (χ0) is 12.8. The second-order valence-electron chi connectivity index (χ2n) is 3.58. The van der Waals surface area contributed by atoms with E-state index in [2.05, 4.69) is 10.3 Å². The fourth-order valence-electron chi connectivity index (χ4n) is 1.29. The third kappa shape index (κ3) is 3.84. The largest absolute Gasteiger partial charge is 0.480 e. The second kappa shape index (κ2) is 5.95. The van der Waals surface area contributed by atoms with Gasteiger partial charge < -0.3 is 15.5 Å². The number of aliphatic hydroxyl groups excluding tert-OH is 1. The van der Waals surface area contributed by atoms with E-state index in [1.165, 1.54) is 0 Å². The number of carboxylic acids is 1. The standard InChI is InChI=1S/C11H14N2O4/c1-7-3-2-4-12-8(7)5-10(15)13-9(6-14)11(16)17/h2-4,9,14H,5-6H2,1H3,(H,13,15)(H,16,17)/t9-/m1/s1. The van der Waals surface area contributed by atoms with Crippen LogP contribution >= 0.6 is 0 Å². The summed E-state index contributed by atoms with van der Waals surface area (Å²) < 4.78 is 0. The Hall–Kier alpha value is -1.95. The maximum absolute atomic E-state index is 11.5. The molecule has 0 saturated carbocycles.